The van der Waals surface area contributed by atoms with Crippen LogP contribution < -0.4 is 16.4 Å². The van der Waals surface area contributed by atoms with Gasteiger partial charge in [0.25, 0.3) is 0 Å². The Bertz CT molecular complexity index is 385. The quantitative estimate of drug-likeness (QED) is 0.429. The van der Waals surface area contributed by atoms with Crippen LogP contribution in [-0.4, -0.2) is 60.0 Å². The Balaban J connectivity index is 4.38. The van der Waals surface area contributed by atoms with E-state index in [4.69, 9.17) is 10.8 Å². The maximum atomic E-state index is 11.7. The molecule has 9 heteroatoms. The Kier molecular flexibility index (Phi) is 7.71. The molecule has 0 saturated carbocycles. The molecule has 0 aliphatic carbocycles. The second kappa shape index (κ2) is 8.73. The highest BCUT2D eigenvalue weighted by atomic mass is 16.4. The molecule has 0 aliphatic rings. The van der Waals surface area contributed by atoms with E-state index in [1.807, 2.05) is 6.92 Å². The molecular weight excluding hydrogens is 268 g/mol. The number of carbonyl (C=O) groups is 4. The Morgan fingerprint density at radius 2 is 1.90 bits per heavy atom. The Labute approximate surface area is 116 Å². The predicted molar refractivity (Wildman–Crippen MR) is 69.7 cm³/mol. The maximum absolute atomic E-state index is 11.7. The standard InChI is InChI=1S/C11H20N4O5/c1-3-4-13-9(17)6-15(2)11(20)14-7(10(18)19)5-8(12)16/h7H,3-6H2,1-2H3,(H2,12,16)(H,13,17)(H,14,20)(H,18,19)/t7-/m0/s1. The molecule has 0 aromatic carbocycles. The second-order valence-corrected chi connectivity index (χ2v) is 4.22. The number of nitrogens with zero attached hydrogens (tertiary/aromatic N) is 1. The summed E-state index contributed by atoms with van der Waals surface area (Å²) in [5.41, 5.74) is 4.89. The van der Waals surface area contributed by atoms with Crippen molar-refractivity contribution in [3.63, 3.8) is 0 Å². The van der Waals surface area contributed by atoms with Gasteiger partial charge in [-0.2, -0.15) is 0 Å². The van der Waals surface area contributed by atoms with E-state index < -0.39 is 30.4 Å². The number of hydrogen-bond donors (Lipinski definition) is 4. The van der Waals surface area contributed by atoms with Gasteiger partial charge >= 0.3 is 12.0 Å². The Morgan fingerprint density at radius 3 is 2.35 bits per heavy atom. The van der Waals surface area contributed by atoms with Gasteiger partial charge in [-0.3, -0.25) is 9.59 Å². The van der Waals surface area contributed by atoms with Gasteiger partial charge in [-0.1, -0.05) is 6.92 Å². The van der Waals surface area contributed by atoms with Crippen LogP contribution in [-0.2, 0) is 14.4 Å². The highest BCUT2D eigenvalue weighted by molar-refractivity contribution is 5.89. The number of carbonyl (C=O) groups excluding carboxylic acids is 3. The van der Waals surface area contributed by atoms with Crippen molar-refractivity contribution in [3.05, 3.63) is 0 Å². The summed E-state index contributed by atoms with van der Waals surface area (Å²) in [5.74, 6) is -2.58. The van der Waals surface area contributed by atoms with Crippen molar-refractivity contribution in [2.45, 2.75) is 25.8 Å². The first kappa shape index (κ1) is 17.7. The highest BCUT2D eigenvalue weighted by Gasteiger charge is 2.24. The monoisotopic (exact) mass is 288 g/mol. The Morgan fingerprint density at radius 1 is 1.30 bits per heavy atom. The fourth-order valence-corrected chi connectivity index (χ4v) is 1.27. The molecule has 0 radical (unpaired) electrons. The average molecular weight is 288 g/mol. The van der Waals surface area contributed by atoms with E-state index in [0.717, 1.165) is 11.3 Å². The minimum atomic E-state index is -1.42. The minimum Gasteiger partial charge on any atom is -0.480 e. The van der Waals surface area contributed by atoms with Gasteiger partial charge in [0.15, 0.2) is 0 Å². The van der Waals surface area contributed by atoms with Crippen LogP contribution in [0.4, 0.5) is 4.79 Å². The van der Waals surface area contributed by atoms with Crippen LogP contribution in [0.15, 0.2) is 0 Å². The summed E-state index contributed by atoms with van der Waals surface area (Å²) in [6, 6.07) is -2.19. The molecule has 0 bridgehead atoms. The number of nitrogens with one attached hydrogen (secondary N) is 2. The van der Waals surface area contributed by atoms with Crippen molar-refractivity contribution >= 4 is 23.8 Å². The smallest absolute Gasteiger partial charge is 0.326 e. The first-order valence-corrected chi connectivity index (χ1v) is 6.07. The number of carboxylic acids is 1. The van der Waals surface area contributed by atoms with Crippen molar-refractivity contribution in [2.24, 2.45) is 5.73 Å². The van der Waals surface area contributed by atoms with Crippen LogP contribution in [0.25, 0.3) is 0 Å². The van der Waals surface area contributed by atoms with E-state index in [1.165, 1.54) is 7.05 Å². The summed E-state index contributed by atoms with van der Waals surface area (Å²) in [6.45, 7) is 2.17. The molecule has 0 rings (SSSR count). The van der Waals surface area contributed by atoms with Gasteiger partial charge in [0, 0.05) is 13.6 Å². The van der Waals surface area contributed by atoms with Gasteiger partial charge < -0.3 is 26.4 Å². The van der Waals surface area contributed by atoms with Crippen LogP contribution in [0.2, 0.25) is 0 Å². The first-order valence-electron chi connectivity index (χ1n) is 6.07. The summed E-state index contributed by atoms with van der Waals surface area (Å²) in [4.78, 5) is 45.6. The van der Waals surface area contributed by atoms with Gasteiger partial charge in [-0.05, 0) is 6.42 Å². The lowest BCUT2D eigenvalue weighted by atomic mass is 10.2. The molecular formula is C11H20N4O5. The normalized spacial score (nSPS) is 11.3. The molecule has 4 amide bonds. The summed E-state index contributed by atoms with van der Waals surface area (Å²) < 4.78 is 0. The molecule has 9 nitrogen and oxygen atoms in total. The van der Waals surface area contributed by atoms with Crippen LogP contribution in [0, 0.1) is 0 Å². The predicted octanol–water partition coefficient (Wildman–Crippen LogP) is -1.52. The van der Waals surface area contributed by atoms with Gasteiger partial charge in [-0.25, -0.2) is 9.59 Å². The largest absolute Gasteiger partial charge is 0.480 e. The zero-order valence-corrected chi connectivity index (χ0v) is 11.5. The number of likely N-dealkylation sites (N-methyl/N-ethyl adjacent to an activating group) is 1. The fraction of sp³-hybridized carbons (Fsp3) is 0.636. The molecule has 114 valence electrons. The molecule has 0 aromatic heterocycles. The van der Waals surface area contributed by atoms with E-state index in [1.54, 1.807) is 0 Å². The molecule has 1 atom stereocenters. The number of hydrogen-bond acceptors (Lipinski definition) is 4. The maximum Gasteiger partial charge on any atom is 0.326 e. The van der Waals surface area contributed by atoms with Crippen molar-refractivity contribution in [1.29, 1.82) is 0 Å². The number of primary amides is 1. The van der Waals surface area contributed by atoms with Gasteiger partial charge in [-0.15, -0.1) is 0 Å². The van der Waals surface area contributed by atoms with Gasteiger partial charge in [0.05, 0.1) is 6.42 Å². The molecule has 0 unspecified atom stereocenters. The number of aliphatic carboxylic acids is 1. The van der Waals surface area contributed by atoms with E-state index >= 15 is 0 Å². The second-order valence-electron chi connectivity index (χ2n) is 4.22. The third-order valence-corrected chi connectivity index (χ3v) is 2.30. The van der Waals surface area contributed by atoms with Gasteiger partial charge in [0.2, 0.25) is 11.8 Å². The van der Waals surface area contributed by atoms with E-state index in [0.29, 0.717) is 6.54 Å². The van der Waals surface area contributed by atoms with Crippen molar-refractivity contribution in [3.8, 4) is 0 Å². The van der Waals surface area contributed by atoms with Crippen molar-refractivity contribution < 1.29 is 24.3 Å². The SMILES string of the molecule is CCCNC(=O)CN(C)C(=O)N[C@@H](CC(N)=O)C(=O)O. The fourth-order valence-electron chi connectivity index (χ4n) is 1.27. The topological polar surface area (TPSA) is 142 Å². The van der Waals surface area contributed by atoms with Crippen LogP contribution in [0.1, 0.15) is 19.8 Å². The van der Waals surface area contributed by atoms with E-state index in [9.17, 15) is 19.2 Å². The van der Waals surface area contributed by atoms with Crippen molar-refractivity contribution in [1.82, 2.24) is 15.5 Å². The lowest BCUT2D eigenvalue weighted by Gasteiger charge is -2.20. The molecule has 0 spiro atoms. The number of rotatable bonds is 8. The van der Waals surface area contributed by atoms with Crippen LogP contribution in [0.5, 0.6) is 0 Å². The number of urea groups is 1. The molecule has 0 aromatic rings. The highest BCUT2D eigenvalue weighted by Crippen LogP contribution is 1.94. The molecule has 0 fully saturated rings. The average Bonchev–Trinajstić information content (AvgIpc) is 2.34. The van der Waals surface area contributed by atoms with Gasteiger partial charge in [0.1, 0.15) is 12.6 Å². The summed E-state index contributed by atoms with van der Waals surface area (Å²) >= 11 is 0. The number of amides is 4. The molecule has 5 N–H and O–H groups in total. The molecule has 0 aliphatic heterocycles. The zero-order chi connectivity index (χ0) is 15.7. The van der Waals surface area contributed by atoms with E-state index in [2.05, 4.69) is 10.6 Å². The lowest BCUT2D eigenvalue weighted by Crippen LogP contribution is -2.50. The summed E-state index contributed by atoms with van der Waals surface area (Å²) in [7, 11) is 1.34. The number of carboxylic acid groups (broad SMARTS) is 1. The molecule has 20 heavy (non-hydrogen) atoms. The molecule has 0 heterocycles. The molecule has 0 saturated heterocycles. The third-order valence-electron chi connectivity index (χ3n) is 2.30. The van der Waals surface area contributed by atoms with Crippen LogP contribution >= 0.6 is 0 Å². The lowest BCUT2D eigenvalue weighted by molar-refractivity contribution is -0.140. The number of nitrogens with two attached hydrogens (primary N) is 1. The Hall–Kier alpha value is -2.32. The first-order chi connectivity index (χ1) is 9.27. The minimum absolute atomic E-state index is 0.214. The summed E-state index contributed by atoms with van der Waals surface area (Å²) in [6.07, 6.45) is 0.248. The van der Waals surface area contributed by atoms with Crippen LogP contribution in [0.3, 0.4) is 0 Å². The zero-order valence-electron chi connectivity index (χ0n) is 11.5. The third kappa shape index (κ3) is 7.19. The van der Waals surface area contributed by atoms with Crippen molar-refractivity contribution in [2.75, 3.05) is 20.1 Å². The van der Waals surface area contributed by atoms with E-state index in [-0.39, 0.29) is 12.5 Å². The summed E-state index contributed by atoms with van der Waals surface area (Å²) in [5, 5.41) is 13.5.